The molecule has 1 unspecified atom stereocenters. The summed E-state index contributed by atoms with van der Waals surface area (Å²) in [6.45, 7) is 3.08. The van der Waals surface area contributed by atoms with E-state index in [0.29, 0.717) is 13.1 Å². The Balaban J connectivity index is 1.73. The summed E-state index contributed by atoms with van der Waals surface area (Å²) < 4.78 is 0. The molecule has 5 heteroatoms. The van der Waals surface area contributed by atoms with E-state index < -0.39 is 0 Å². The van der Waals surface area contributed by atoms with E-state index in [9.17, 15) is 9.59 Å². The number of amides is 2. The quantitative estimate of drug-likeness (QED) is 0.683. The highest BCUT2D eigenvalue weighted by Gasteiger charge is 2.36. The molecule has 0 aromatic carbocycles. The molecule has 19 heavy (non-hydrogen) atoms. The van der Waals surface area contributed by atoms with Gasteiger partial charge in [0.15, 0.2) is 0 Å². The molecule has 2 rings (SSSR count). The minimum atomic E-state index is -0.00830. The van der Waals surface area contributed by atoms with Crippen molar-refractivity contribution in [1.82, 2.24) is 15.5 Å². The number of rotatable bonds is 6. The first-order valence-electron chi connectivity index (χ1n) is 7.43. The number of likely N-dealkylation sites (tertiary alicyclic amines) is 1. The molecule has 1 atom stereocenters. The summed E-state index contributed by atoms with van der Waals surface area (Å²) in [5, 5.41) is 6.03. The summed E-state index contributed by atoms with van der Waals surface area (Å²) in [6, 6.07) is 0. The van der Waals surface area contributed by atoms with E-state index in [1.165, 1.54) is 0 Å². The van der Waals surface area contributed by atoms with Crippen molar-refractivity contribution in [3.63, 3.8) is 0 Å². The minimum absolute atomic E-state index is 0.00830. The monoisotopic (exact) mass is 267 g/mol. The molecular formula is C14H25N3O2. The third kappa shape index (κ3) is 4.20. The van der Waals surface area contributed by atoms with Gasteiger partial charge in [-0.15, -0.1) is 0 Å². The molecule has 108 valence electrons. The van der Waals surface area contributed by atoms with Gasteiger partial charge < -0.3 is 15.5 Å². The van der Waals surface area contributed by atoms with Crippen molar-refractivity contribution in [2.75, 3.05) is 33.2 Å². The molecular weight excluding hydrogens is 242 g/mol. The predicted octanol–water partition coefficient (Wildman–Crippen LogP) is 0.361. The highest BCUT2D eigenvalue weighted by atomic mass is 16.2. The molecule has 2 N–H and O–H groups in total. The Morgan fingerprint density at radius 1 is 1.16 bits per heavy atom. The Morgan fingerprint density at radius 3 is 2.63 bits per heavy atom. The molecule has 1 heterocycles. The Bertz CT molecular complexity index is 329. The Labute approximate surface area is 115 Å². The van der Waals surface area contributed by atoms with Crippen molar-refractivity contribution in [2.45, 2.75) is 32.1 Å². The molecule has 0 aromatic rings. The highest BCUT2D eigenvalue weighted by Crippen LogP contribution is 2.32. The lowest BCUT2D eigenvalue weighted by Gasteiger charge is -2.32. The Kier molecular flexibility index (Phi) is 5.19. The third-order valence-electron chi connectivity index (χ3n) is 3.93. The van der Waals surface area contributed by atoms with Gasteiger partial charge in [-0.05, 0) is 45.7 Å². The minimum Gasteiger partial charge on any atom is -0.356 e. The van der Waals surface area contributed by atoms with Crippen LogP contribution < -0.4 is 10.6 Å². The van der Waals surface area contributed by atoms with Crippen LogP contribution in [-0.2, 0) is 9.59 Å². The molecule has 1 aliphatic heterocycles. The van der Waals surface area contributed by atoms with Crippen LogP contribution in [0.3, 0.4) is 0 Å². The zero-order chi connectivity index (χ0) is 13.7. The number of hydrogen-bond acceptors (Lipinski definition) is 3. The van der Waals surface area contributed by atoms with Crippen LogP contribution in [0.25, 0.3) is 0 Å². The lowest BCUT2D eigenvalue weighted by atomic mass is 9.96. The second-order valence-corrected chi connectivity index (χ2v) is 5.65. The molecule has 2 aliphatic rings. The van der Waals surface area contributed by atoms with Gasteiger partial charge in [-0.3, -0.25) is 9.59 Å². The summed E-state index contributed by atoms with van der Waals surface area (Å²) in [5.74, 6) is 0.639. The summed E-state index contributed by atoms with van der Waals surface area (Å²) in [7, 11) is 1.91. The number of piperidine rings is 1. The van der Waals surface area contributed by atoms with Crippen LogP contribution in [0.15, 0.2) is 0 Å². The van der Waals surface area contributed by atoms with Gasteiger partial charge in [-0.2, -0.15) is 0 Å². The second kappa shape index (κ2) is 6.89. The van der Waals surface area contributed by atoms with Crippen molar-refractivity contribution < 1.29 is 9.59 Å². The molecule has 1 aliphatic carbocycles. The van der Waals surface area contributed by atoms with Gasteiger partial charge in [-0.25, -0.2) is 0 Å². The zero-order valence-corrected chi connectivity index (χ0v) is 11.8. The number of carbonyl (C=O) groups is 2. The van der Waals surface area contributed by atoms with E-state index in [1.807, 2.05) is 11.9 Å². The molecule has 0 spiro atoms. The van der Waals surface area contributed by atoms with Crippen LogP contribution in [0, 0.1) is 11.8 Å². The SMILES string of the molecule is CNCCCNC(=O)C1CCCN(C(=O)C2CC2)C1. The molecule has 0 aromatic heterocycles. The number of nitrogens with zero attached hydrogens (tertiary/aromatic N) is 1. The fraction of sp³-hybridized carbons (Fsp3) is 0.857. The van der Waals surface area contributed by atoms with Gasteiger partial charge in [-0.1, -0.05) is 0 Å². The van der Waals surface area contributed by atoms with Gasteiger partial charge in [0.2, 0.25) is 11.8 Å². The van der Waals surface area contributed by atoms with E-state index in [-0.39, 0.29) is 23.7 Å². The first kappa shape index (κ1) is 14.3. The van der Waals surface area contributed by atoms with Gasteiger partial charge >= 0.3 is 0 Å². The van der Waals surface area contributed by atoms with Gasteiger partial charge in [0.1, 0.15) is 0 Å². The van der Waals surface area contributed by atoms with Crippen LogP contribution in [-0.4, -0.2) is 49.9 Å². The average Bonchev–Trinajstić information content (AvgIpc) is 3.27. The topological polar surface area (TPSA) is 61.4 Å². The maximum absolute atomic E-state index is 12.0. The molecule has 0 radical (unpaired) electrons. The Hall–Kier alpha value is -1.10. The first-order valence-corrected chi connectivity index (χ1v) is 7.43. The molecule has 5 nitrogen and oxygen atoms in total. The smallest absolute Gasteiger partial charge is 0.225 e. The fourth-order valence-electron chi connectivity index (χ4n) is 2.60. The van der Waals surface area contributed by atoms with Crippen LogP contribution in [0.1, 0.15) is 32.1 Å². The fourth-order valence-corrected chi connectivity index (χ4v) is 2.60. The van der Waals surface area contributed by atoms with E-state index in [1.54, 1.807) is 0 Å². The van der Waals surface area contributed by atoms with Gasteiger partial charge in [0, 0.05) is 25.6 Å². The lowest BCUT2D eigenvalue weighted by Crippen LogP contribution is -2.46. The highest BCUT2D eigenvalue weighted by molar-refractivity contribution is 5.83. The van der Waals surface area contributed by atoms with Crippen molar-refractivity contribution in [1.29, 1.82) is 0 Å². The lowest BCUT2D eigenvalue weighted by molar-refractivity contribution is -0.136. The summed E-state index contributed by atoms with van der Waals surface area (Å²) in [5.41, 5.74) is 0. The van der Waals surface area contributed by atoms with E-state index in [2.05, 4.69) is 10.6 Å². The largest absolute Gasteiger partial charge is 0.356 e. The van der Waals surface area contributed by atoms with Crippen LogP contribution in [0.2, 0.25) is 0 Å². The summed E-state index contributed by atoms with van der Waals surface area (Å²) >= 11 is 0. The van der Waals surface area contributed by atoms with Crippen molar-refractivity contribution in [3.8, 4) is 0 Å². The maximum Gasteiger partial charge on any atom is 0.225 e. The van der Waals surface area contributed by atoms with Gasteiger partial charge in [0.05, 0.1) is 5.92 Å². The summed E-state index contributed by atoms with van der Waals surface area (Å²) in [4.78, 5) is 26.0. The first-order chi connectivity index (χ1) is 9.22. The zero-order valence-electron chi connectivity index (χ0n) is 11.8. The molecule has 1 saturated heterocycles. The van der Waals surface area contributed by atoms with Crippen molar-refractivity contribution >= 4 is 11.8 Å². The van der Waals surface area contributed by atoms with E-state index >= 15 is 0 Å². The van der Waals surface area contributed by atoms with Crippen LogP contribution in [0.5, 0.6) is 0 Å². The number of hydrogen-bond donors (Lipinski definition) is 2. The molecule has 1 saturated carbocycles. The van der Waals surface area contributed by atoms with Crippen molar-refractivity contribution in [3.05, 3.63) is 0 Å². The van der Waals surface area contributed by atoms with Crippen molar-refractivity contribution in [2.24, 2.45) is 11.8 Å². The number of carbonyl (C=O) groups excluding carboxylic acids is 2. The molecule has 2 fully saturated rings. The summed E-state index contributed by atoms with van der Waals surface area (Å²) in [6.07, 6.45) is 4.88. The molecule has 0 bridgehead atoms. The number of nitrogens with one attached hydrogen (secondary N) is 2. The maximum atomic E-state index is 12.0. The third-order valence-corrected chi connectivity index (χ3v) is 3.93. The average molecular weight is 267 g/mol. The van der Waals surface area contributed by atoms with E-state index in [0.717, 1.165) is 45.2 Å². The second-order valence-electron chi connectivity index (χ2n) is 5.65. The van der Waals surface area contributed by atoms with Gasteiger partial charge in [0.25, 0.3) is 0 Å². The predicted molar refractivity (Wildman–Crippen MR) is 73.6 cm³/mol. The molecule has 2 amide bonds. The van der Waals surface area contributed by atoms with E-state index in [4.69, 9.17) is 0 Å². The Morgan fingerprint density at radius 2 is 1.95 bits per heavy atom. The van der Waals surface area contributed by atoms with Crippen LogP contribution in [0.4, 0.5) is 0 Å². The van der Waals surface area contributed by atoms with Crippen LogP contribution >= 0.6 is 0 Å². The normalized spacial score (nSPS) is 23.2. The standard InChI is InChI=1S/C14H25N3O2/c1-15-7-3-8-16-13(18)12-4-2-9-17(10-12)14(19)11-5-6-11/h11-12,15H,2-10H2,1H3,(H,16,18).